The maximum atomic E-state index is 12.3. The number of nitrogens with one attached hydrogen (secondary N) is 2. The summed E-state index contributed by atoms with van der Waals surface area (Å²) in [6.07, 6.45) is 2.01. The third kappa shape index (κ3) is 4.78. The van der Waals surface area contributed by atoms with E-state index in [2.05, 4.69) is 15.6 Å². The zero-order chi connectivity index (χ0) is 17.6. The van der Waals surface area contributed by atoms with E-state index >= 15 is 0 Å². The van der Waals surface area contributed by atoms with Crippen LogP contribution in [0, 0.1) is 0 Å². The molecule has 1 aliphatic heterocycles. The third-order valence-electron chi connectivity index (χ3n) is 3.83. The predicted molar refractivity (Wildman–Crippen MR) is 94.9 cm³/mol. The molecule has 2 amide bonds. The Balaban J connectivity index is 1.62. The fraction of sp³-hybridized carbons (Fsp3) is 0.278. The van der Waals surface area contributed by atoms with Crippen LogP contribution in [0.5, 0.6) is 0 Å². The molecular weight excluding hydrogens is 342 g/mol. The predicted octanol–water partition coefficient (Wildman–Crippen LogP) is 2.90. The van der Waals surface area contributed by atoms with Gasteiger partial charge < -0.3 is 15.4 Å². The van der Waals surface area contributed by atoms with E-state index in [1.807, 2.05) is 0 Å². The van der Waals surface area contributed by atoms with Crippen molar-refractivity contribution in [3.63, 3.8) is 0 Å². The van der Waals surface area contributed by atoms with Crippen LogP contribution in [0.1, 0.15) is 33.8 Å². The second kappa shape index (κ2) is 8.09. The van der Waals surface area contributed by atoms with E-state index in [1.165, 1.54) is 0 Å². The Morgan fingerprint density at radius 3 is 2.52 bits per heavy atom. The van der Waals surface area contributed by atoms with Crippen LogP contribution in [0.2, 0.25) is 5.02 Å². The van der Waals surface area contributed by atoms with Crippen LogP contribution in [-0.2, 0) is 4.74 Å². The first-order chi connectivity index (χ1) is 12.1. The fourth-order valence-corrected chi connectivity index (χ4v) is 2.64. The Bertz CT molecular complexity index is 758. The first-order valence-corrected chi connectivity index (χ1v) is 8.43. The first-order valence-electron chi connectivity index (χ1n) is 8.05. The van der Waals surface area contributed by atoms with Gasteiger partial charge in [-0.3, -0.25) is 9.59 Å². The van der Waals surface area contributed by atoms with Crippen molar-refractivity contribution in [3.05, 3.63) is 58.9 Å². The van der Waals surface area contributed by atoms with Crippen molar-refractivity contribution in [3.8, 4) is 0 Å². The van der Waals surface area contributed by atoms with E-state index < -0.39 is 5.91 Å². The van der Waals surface area contributed by atoms with Crippen molar-refractivity contribution in [2.45, 2.75) is 18.9 Å². The van der Waals surface area contributed by atoms with Crippen molar-refractivity contribution >= 4 is 29.1 Å². The number of aromatic nitrogens is 1. The molecule has 2 aromatic rings. The monoisotopic (exact) mass is 359 g/mol. The van der Waals surface area contributed by atoms with Crippen LogP contribution in [0.4, 0.5) is 5.69 Å². The Morgan fingerprint density at radius 2 is 1.84 bits per heavy atom. The SMILES string of the molecule is O=C(NCC1CCCO1)c1cccc(C(=O)Nc2ccc(Cl)cc2)n1. The summed E-state index contributed by atoms with van der Waals surface area (Å²) in [5.41, 5.74) is 0.964. The molecule has 1 atom stereocenters. The maximum Gasteiger partial charge on any atom is 0.274 e. The molecule has 1 aromatic heterocycles. The van der Waals surface area contributed by atoms with E-state index in [0.29, 0.717) is 17.3 Å². The van der Waals surface area contributed by atoms with Crippen LogP contribution >= 0.6 is 11.6 Å². The lowest BCUT2D eigenvalue weighted by molar-refractivity contribution is 0.0853. The highest BCUT2D eigenvalue weighted by Gasteiger charge is 2.18. The van der Waals surface area contributed by atoms with E-state index in [0.717, 1.165) is 19.4 Å². The van der Waals surface area contributed by atoms with E-state index in [1.54, 1.807) is 42.5 Å². The average Bonchev–Trinajstić information content (AvgIpc) is 3.15. The Kier molecular flexibility index (Phi) is 5.63. The number of benzene rings is 1. The van der Waals surface area contributed by atoms with Gasteiger partial charge in [0.05, 0.1) is 6.10 Å². The second-order valence-corrected chi connectivity index (χ2v) is 6.15. The lowest BCUT2D eigenvalue weighted by atomic mass is 10.2. The molecule has 1 saturated heterocycles. The summed E-state index contributed by atoms with van der Waals surface area (Å²) >= 11 is 5.82. The third-order valence-corrected chi connectivity index (χ3v) is 4.08. The van der Waals surface area contributed by atoms with Gasteiger partial charge in [0.1, 0.15) is 11.4 Å². The number of hydrogen-bond acceptors (Lipinski definition) is 4. The normalized spacial score (nSPS) is 16.4. The standard InChI is InChI=1S/C18H18ClN3O3/c19-12-6-8-13(9-7-12)21-18(24)16-5-1-4-15(22-16)17(23)20-11-14-3-2-10-25-14/h1,4-9,14H,2-3,10-11H2,(H,20,23)(H,21,24). The van der Waals surface area contributed by atoms with Gasteiger partial charge in [0.15, 0.2) is 0 Å². The number of pyridine rings is 1. The highest BCUT2D eigenvalue weighted by atomic mass is 35.5. The average molecular weight is 360 g/mol. The minimum atomic E-state index is -0.393. The molecule has 7 heteroatoms. The maximum absolute atomic E-state index is 12.3. The summed E-state index contributed by atoms with van der Waals surface area (Å²) in [5, 5.41) is 6.09. The van der Waals surface area contributed by atoms with Gasteiger partial charge in [-0.2, -0.15) is 0 Å². The fourth-order valence-electron chi connectivity index (χ4n) is 2.52. The van der Waals surface area contributed by atoms with E-state index in [4.69, 9.17) is 16.3 Å². The van der Waals surface area contributed by atoms with Crippen molar-refractivity contribution in [1.82, 2.24) is 10.3 Å². The minimum Gasteiger partial charge on any atom is -0.376 e. The summed E-state index contributed by atoms with van der Waals surface area (Å²) in [4.78, 5) is 28.6. The Morgan fingerprint density at radius 1 is 1.12 bits per heavy atom. The minimum absolute atomic E-state index is 0.0559. The van der Waals surface area contributed by atoms with Crippen LogP contribution in [0.3, 0.4) is 0 Å². The molecule has 25 heavy (non-hydrogen) atoms. The van der Waals surface area contributed by atoms with Gasteiger partial charge in [0, 0.05) is 23.9 Å². The molecule has 2 N–H and O–H groups in total. The van der Waals surface area contributed by atoms with Crippen molar-refractivity contribution in [1.29, 1.82) is 0 Å². The van der Waals surface area contributed by atoms with E-state index in [-0.39, 0.29) is 23.4 Å². The molecule has 0 bridgehead atoms. The Hall–Kier alpha value is -2.44. The number of carbonyl (C=O) groups is 2. The van der Waals surface area contributed by atoms with Gasteiger partial charge >= 0.3 is 0 Å². The molecular formula is C18H18ClN3O3. The quantitative estimate of drug-likeness (QED) is 0.860. The molecule has 0 saturated carbocycles. The lowest BCUT2D eigenvalue weighted by Crippen LogP contribution is -2.32. The van der Waals surface area contributed by atoms with Crippen LogP contribution < -0.4 is 10.6 Å². The number of nitrogens with zero attached hydrogens (tertiary/aromatic N) is 1. The van der Waals surface area contributed by atoms with Gasteiger partial charge in [-0.05, 0) is 49.2 Å². The zero-order valence-corrected chi connectivity index (χ0v) is 14.3. The molecule has 1 aromatic carbocycles. The van der Waals surface area contributed by atoms with Crippen LogP contribution in [0.25, 0.3) is 0 Å². The molecule has 2 heterocycles. The number of ether oxygens (including phenoxy) is 1. The summed E-state index contributed by atoms with van der Waals surface area (Å²) in [5.74, 6) is -0.715. The Labute approximate surface area is 150 Å². The number of amides is 2. The van der Waals surface area contributed by atoms with Crippen LogP contribution in [-0.4, -0.2) is 36.1 Å². The largest absolute Gasteiger partial charge is 0.376 e. The number of anilines is 1. The van der Waals surface area contributed by atoms with Crippen LogP contribution in [0.15, 0.2) is 42.5 Å². The molecule has 1 unspecified atom stereocenters. The number of rotatable bonds is 5. The van der Waals surface area contributed by atoms with E-state index in [9.17, 15) is 9.59 Å². The molecule has 0 radical (unpaired) electrons. The van der Waals surface area contributed by atoms with Gasteiger partial charge in [-0.15, -0.1) is 0 Å². The van der Waals surface area contributed by atoms with Crippen molar-refractivity contribution in [2.24, 2.45) is 0 Å². The molecule has 0 spiro atoms. The first kappa shape index (κ1) is 17.4. The van der Waals surface area contributed by atoms with Gasteiger partial charge in [0.2, 0.25) is 0 Å². The van der Waals surface area contributed by atoms with Gasteiger partial charge in [-0.1, -0.05) is 17.7 Å². The highest BCUT2D eigenvalue weighted by Crippen LogP contribution is 2.14. The summed E-state index contributed by atoms with van der Waals surface area (Å²) < 4.78 is 5.47. The number of hydrogen-bond donors (Lipinski definition) is 2. The molecule has 6 nitrogen and oxygen atoms in total. The van der Waals surface area contributed by atoms with Crippen molar-refractivity contribution in [2.75, 3.05) is 18.5 Å². The summed E-state index contributed by atoms with van der Waals surface area (Å²) in [6, 6.07) is 11.5. The summed E-state index contributed by atoms with van der Waals surface area (Å²) in [7, 11) is 0. The number of carbonyl (C=O) groups excluding carboxylic acids is 2. The molecule has 1 fully saturated rings. The molecule has 0 aliphatic carbocycles. The van der Waals surface area contributed by atoms with Crippen molar-refractivity contribution < 1.29 is 14.3 Å². The van der Waals surface area contributed by atoms with Gasteiger partial charge in [0.25, 0.3) is 11.8 Å². The lowest BCUT2D eigenvalue weighted by Gasteiger charge is -2.11. The number of halogens is 1. The summed E-state index contributed by atoms with van der Waals surface area (Å²) in [6.45, 7) is 1.18. The molecule has 130 valence electrons. The molecule has 1 aliphatic rings. The highest BCUT2D eigenvalue weighted by molar-refractivity contribution is 6.30. The second-order valence-electron chi connectivity index (χ2n) is 5.71. The topological polar surface area (TPSA) is 80.3 Å². The zero-order valence-electron chi connectivity index (χ0n) is 13.5. The van der Waals surface area contributed by atoms with Gasteiger partial charge in [-0.25, -0.2) is 4.98 Å². The smallest absolute Gasteiger partial charge is 0.274 e. The molecule has 3 rings (SSSR count).